The van der Waals surface area contributed by atoms with Crippen LogP contribution >= 0.6 is 34.8 Å². The van der Waals surface area contributed by atoms with Crippen LogP contribution in [0.4, 0.5) is 5.95 Å². The summed E-state index contributed by atoms with van der Waals surface area (Å²) >= 11 is 17.2. The molecule has 0 radical (unpaired) electrons. The van der Waals surface area contributed by atoms with Crippen molar-refractivity contribution in [2.45, 2.75) is 6.92 Å². The van der Waals surface area contributed by atoms with Crippen molar-refractivity contribution >= 4 is 46.7 Å². The van der Waals surface area contributed by atoms with Crippen LogP contribution in [0.5, 0.6) is 0 Å². The Kier molecular flexibility index (Phi) is 4.14. The molecular formula is C10H6Cl3N5O. The number of nitrogens with one attached hydrogen (secondary N) is 1. The molecular weight excluding hydrogens is 313 g/mol. The maximum atomic E-state index is 12.0. The van der Waals surface area contributed by atoms with Gasteiger partial charge < -0.3 is 0 Å². The van der Waals surface area contributed by atoms with Gasteiger partial charge in [-0.15, -0.1) is 10.2 Å². The van der Waals surface area contributed by atoms with Crippen LogP contribution in [0.25, 0.3) is 0 Å². The van der Waals surface area contributed by atoms with E-state index in [4.69, 9.17) is 34.8 Å². The molecule has 0 aliphatic heterocycles. The average molecular weight is 319 g/mol. The molecule has 2 aromatic rings. The summed E-state index contributed by atoms with van der Waals surface area (Å²) in [5.41, 5.74) is 0.690. The molecule has 0 saturated carbocycles. The largest absolute Gasteiger partial charge is 0.290 e. The first kappa shape index (κ1) is 13.9. The molecule has 0 atom stereocenters. The van der Waals surface area contributed by atoms with Crippen LogP contribution in [0.3, 0.4) is 0 Å². The van der Waals surface area contributed by atoms with Crippen molar-refractivity contribution in [3.63, 3.8) is 0 Å². The summed E-state index contributed by atoms with van der Waals surface area (Å²) < 4.78 is 0. The molecule has 0 aliphatic rings. The third-order valence-electron chi connectivity index (χ3n) is 2.01. The molecule has 9 heteroatoms. The Hall–Kier alpha value is -1.50. The highest BCUT2D eigenvalue weighted by Crippen LogP contribution is 2.17. The Morgan fingerprint density at radius 1 is 1.11 bits per heavy atom. The fraction of sp³-hybridized carbons (Fsp3) is 0.100. The standard InChI is InChI=1S/C10H6Cl3N5O/c1-4-2-6(11)15-10(14-4)16-9(19)5-3-7(12)17-18-8(5)13/h2-3H,1H3,(H,14,15,16,19). The van der Waals surface area contributed by atoms with Crippen molar-refractivity contribution in [2.24, 2.45) is 0 Å². The molecule has 19 heavy (non-hydrogen) atoms. The molecule has 98 valence electrons. The number of anilines is 1. The lowest BCUT2D eigenvalue weighted by Gasteiger charge is -2.05. The highest BCUT2D eigenvalue weighted by atomic mass is 35.5. The van der Waals surface area contributed by atoms with Gasteiger partial charge in [0.15, 0.2) is 10.3 Å². The Labute approximate surface area is 123 Å². The van der Waals surface area contributed by atoms with Gasteiger partial charge in [-0.25, -0.2) is 9.97 Å². The fourth-order valence-corrected chi connectivity index (χ4v) is 1.83. The minimum atomic E-state index is -0.552. The maximum Gasteiger partial charge on any atom is 0.261 e. The van der Waals surface area contributed by atoms with E-state index in [0.717, 1.165) is 0 Å². The predicted molar refractivity (Wildman–Crippen MR) is 71.8 cm³/mol. The molecule has 2 heterocycles. The predicted octanol–water partition coefficient (Wildman–Crippen LogP) is 2.79. The lowest BCUT2D eigenvalue weighted by atomic mass is 10.3. The first-order valence-corrected chi connectivity index (χ1v) is 6.10. The number of aromatic nitrogens is 4. The first-order chi connectivity index (χ1) is 8.95. The maximum absolute atomic E-state index is 12.0. The normalized spacial score (nSPS) is 10.3. The van der Waals surface area contributed by atoms with Crippen molar-refractivity contribution < 1.29 is 4.79 Å². The lowest BCUT2D eigenvalue weighted by Crippen LogP contribution is -2.16. The Balaban J connectivity index is 2.28. The zero-order valence-electron chi connectivity index (χ0n) is 9.49. The van der Waals surface area contributed by atoms with Gasteiger partial charge in [0.2, 0.25) is 5.95 Å². The summed E-state index contributed by atoms with van der Waals surface area (Å²) in [5.74, 6) is -0.484. The van der Waals surface area contributed by atoms with Crippen molar-refractivity contribution in [1.82, 2.24) is 20.2 Å². The zero-order valence-corrected chi connectivity index (χ0v) is 11.8. The summed E-state index contributed by atoms with van der Waals surface area (Å²) in [4.78, 5) is 19.8. The number of carbonyl (C=O) groups excluding carboxylic acids is 1. The van der Waals surface area contributed by atoms with Crippen LogP contribution < -0.4 is 5.32 Å². The van der Waals surface area contributed by atoms with Gasteiger partial charge in [0.05, 0.1) is 5.56 Å². The number of halogens is 3. The second-order valence-corrected chi connectivity index (χ2v) is 4.61. The Morgan fingerprint density at radius 3 is 2.53 bits per heavy atom. The second kappa shape index (κ2) is 5.64. The summed E-state index contributed by atoms with van der Waals surface area (Å²) in [6.45, 7) is 1.72. The smallest absolute Gasteiger partial charge is 0.261 e. The van der Waals surface area contributed by atoms with Crippen molar-refractivity contribution in [2.75, 3.05) is 5.32 Å². The van der Waals surface area contributed by atoms with Crippen LogP contribution in [-0.2, 0) is 0 Å². The van der Waals surface area contributed by atoms with E-state index in [2.05, 4.69) is 25.5 Å². The molecule has 1 N–H and O–H groups in total. The van der Waals surface area contributed by atoms with Gasteiger partial charge >= 0.3 is 0 Å². The third kappa shape index (κ3) is 3.50. The number of carbonyl (C=O) groups is 1. The molecule has 0 bridgehead atoms. The monoisotopic (exact) mass is 317 g/mol. The molecule has 0 aliphatic carbocycles. The number of hydrogen-bond acceptors (Lipinski definition) is 5. The van der Waals surface area contributed by atoms with Gasteiger partial charge in [-0.2, -0.15) is 0 Å². The van der Waals surface area contributed by atoms with Gasteiger partial charge in [0.1, 0.15) is 5.15 Å². The number of aryl methyl sites for hydroxylation is 1. The van der Waals surface area contributed by atoms with Gasteiger partial charge in [0, 0.05) is 5.69 Å². The summed E-state index contributed by atoms with van der Waals surface area (Å²) in [6, 6.07) is 2.86. The first-order valence-electron chi connectivity index (χ1n) is 4.97. The molecule has 0 saturated heterocycles. The van der Waals surface area contributed by atoms with E-state index >= 15 is 0 Å². The van der Waals surface area contributed by atoms with E-state index in [0.29, 0.717) is 5.69 Å². The molecule has 2 aromatic heterocycles. The van der Waals surface area contributed by atoms with Crippen molar-refractivity contribution in [3.8, 4) is 0 Å². The lowest BCUT2D eigenvalue weighted by molar-refractivity contribution is 0.102. The van der Waals surface area contributed by atoms with E-state index in [-0.39, 0.29) is 27.0 Å². The van der Waals surface area contributed by atoms with E-state index in [1.807, 2.05) is 0 Å². The Bertz CT molecular complexity index is 629. The average Bonchev–Trinajstić information content (AvgIpc) is 2.30. The van der Waals surface area contributed by atoms with Crippen LogP contribution in [0, 0.1) is 6.92 Å². The number of amides is 1. The van der Waals surface area contributed by atoms with Crippen molar-refractivity contribution in [3.05, 3.63) is 38.8 Å². The van der Waals surface area contributed by atoms with E-state index in [9.17, 15) is 4.79 Å². The molecule has 6 nitrogen and oxygen atoms in total. The molecule has 2 rings (SSSR count). The number of rotatable bonds is 2. The quantitative estimate of drug-likeness (QED) is 0.861. The second-order valence-electron chi connectivity index (χ2n) is 3.48. The SMILES string of the molecule is Cc1cc(Cl)nc(NC(=O)c2cc(Cl)nnc2Cl)n1. The van der Waals surface area contributed by atoms with Crippen LogP contribution in [-0.4, -0.2) is 26.1 Å². The summed E-state index contributed by atoms with van der Waals surface area (Å²) in [7, 11) is 0. The number of hydrogen-bond donors (Lipinski definition) is 1. The highest BCUT2D eigenvalue weighted by molar-refractivity contribution is 6.34. The molecule has 1 amide bonds. The van der Waals surface area contributed by atoms with Gasteiger partial charge in [-0.1, -0.05) is 34.8 Å². The van der Waals surface area contributed by atoms with Gasteiger partial charge in [-0.3, -0.25) is 10.1 Å². The third-order valence-corrected chi connectivity index (χ3v) is 2.67. The van der Waals surface area contributed by atoms with Crippen LogP contribution in [0.15, 0.2) is 12.1 Å². The van der Waals surface area contributed by atoms with Crippen molar-refractivity contribution in [1.29, 1.82) is 0 Å². The highest BCUT2D eigenvalue weighted by Gasteiger charge is 2.15. The Morgan fingerprint density at radius 2 is 1.84 bits per heavy atom. The fourth-order valence-electron chi connectivity index (χ4n) is 1.27. The summed E-state index contributed by atoms with van der Waals surface area (Å²) in [5, 5.41) is 9.70. The molecule has 0 fully saturated rings. The molecule has 0 aromatic carbocycles. The zero-order chi connectivity index (χ0) is 14.0. The molecule has 0 spiro atoms. The van der Waals surface area contributed by atoms with Crippen LogP contribution in [0.2, 0.25) is 15.5 Å². The van der Waals surface area contributed by atoms with Crippen LogP contribution in [0.1, 0.15) is 16.1 Å². The molecule has 0 unspecified atom stereocenters. The number of nitrogens with zero attached hydrogens (tertiary/aromatic N) is 4. The van der Waals surface area contributed by atoms with E-state index in [1.54, 1.807) is 13.0 Å². The van der Waals surface area contributed by atoms with E-state index < -0.39 is 5.91 Å². The van der Waals surface area contributed by atoms with Gasteiger partial charge in [0.25, 0.3) is 5.91 Å². The minimum absolute atomic E-state index is 0.0535. The van der Waals surface area contributed by atoms with E-state index in [1.165, 1.54) is 6.07 Å². The topological polar surface area (TPSA) is 80.7 Å². The van der Waals surface area contributed by atoms with Gasteiger partial charge in [-0.05, 0) is 19.1 Å². The minimum Gasteiger partial charge on any atom is -0.290 e. The summed E-state index contributed by atoms with van der Waals surface area (Å²) in [6.07, 6.45) is 0.